The summed E-state index contributed by atoms with van der Waals surface area (Å²) in [5.41, 5.74) is 2.25. The van der Waals surface area contributed by atoms with Gasteiger partial charge in [0.15, 0.2) is 0 Å². The molecule has 0 spiro atoms. The Morgan fingerprint density at radius 1 is 1.09 bits per heavy atom. The Balaban J connectivity index is 0.000000166. The van der Waals surface area contributed by atoms with E-state index < -0.39 is 27.4 Å². The molecule has 2 aliphatic carbocycles. The third kappa shape index (κ3) is 4.25. The zero-order valence-electron chi connectivity index (χ0n) is 19.5. The van der Waals surface area contributed by atoms with E-state index >= 15 is 0 Å². The van der Waals surface area contributed by atoms with E-state index in [1.165, 1.54) is 10.5 Å². The Labute approximate surface area is 200 Å². The highest BCUT2D eigenvalue weighted by Gasteiger charge is 2.65. The van der Waals surface area contributed by atoms with Gasteiger partial charge in [0, 0.05) is 13.0 Å². The van der Waals surface area contributed by atoms with E-state index in [4.69, 9.17) is 4.55 Å². The number of rotatable bonds is 3. The summed E-state index contributed by atoms with van der Waals surface area (Å²) in [6, 6.07) is 17.7. The van der Waals surface area contributed by atoms with Crippen molar-refractivity contribution in [2.75, 3.05) is 12.3 Å². The highest BCUT2D eigenvalue weighted by molar-refractivity contribution is 7.85. The number of hydrogen-bond donors (Lipinski definition) is 2. The molecular formula is C26H31NO6S. The van der Waals surface area contributed by atoms with Gasteiger partial charge < -0.3 is 5.11 Å². The number of hydrogen-bond acceptors (Lipinski definition) is 4. The molecule has 2 N–H and O–H groups in total. The van der Waals surface area contributed by atoms with Gasteiger partial charge in [-0.2, -0.15) is 8.42 Å². The molecule has 2 bridgehead atoms. The summed E-state index contributed by atoms with van der Waals surface area (Å²) in [5, 5.41) is 9.42. The second-order valence-corrected chi connectivity index (χ2v) is 11.6. The molecule has 3 atom stereocenters. The van der Waals surface area contributed by atoms with Gasteiger partial charge in [0.25, 0.3) is 10.1 Å². The number of carbonyl (C=O) groups is 2. The molecule has 8 heteroatoms. The van der Waals surface area contributed by atoms with Crippen LogP contribution >= 0.6 is 0 Å². The fourth-order valence-corrected chi connectivity index (χ4v) is 7.49. The average molecular weight is 486 g/mol. The zero-order valence-corrected chi connectivity index (χ0v) is 20.3. The second-order valence-electron chi connectivity index (χ2n) is 10.1. The molecule has 2 unspecified atom stereocenters. The fourth-order valence-electron chi connectivity index (χ4n) is 6.19. The van der Waals surface area contributed by atoms with Gasteiger partial charge in [-0.25, -0.2) is 4.79 Å². The largest absolute Gasteiger partial charge is 0.465 e. The predicted molar refractivity (Wildman–Crippen MR) is 128 cm³/mol. The summed E-state index contributed by atoms with van der Waals surface area (Å²) in [6.45, 7) is 4.44. The Bertz CT molecular complexity index is 1190. The van der Waals surface area contributed by atoms with Crippen molar-refractivity contribution in [2.24, 2.45) is 16.7 Å². The van der Waals surface area contributed by atoms with Gasteiger partial charge in [-0.05, 0) is 47.3 Å². The van der Waals surface area contributed by atoms with E-state index in [1.807, 2.05) is 62.4 Å². The van der Waals surface area contributed by atoms with Crippen LogP contribution in [0, 0.1) is 16.7 Å². The van der Waals surface area contributed by atoms with Crippen molar-refractivity contribution < 1.29 is 27.7 Å². The van der Waals surface area contributed by atoms with Gasteiger partial charge >= 0.3 is 6.09 Å². The molecule has 1 aliphatic heterocycles. The highest BCUT2D eigenvalue weighted by Crippen LogP contribution is 2.64. The number of Topliss-reactive ketones (excluding diaryl/α,β-unsaturated/α-hetero) is 1. The minimum absolute atomic E-state index is 0.0152. The van der Waals surface area contributed by atoms with Crippen LogP contribution in [0.25, 0.3) is 0 Å². The molecule has 1 amide bonds. The molecule has 0 radical (unpaired) electrons. The lowest BCUT2D eigenvalue weighted by atomic mass is 9.70. The Morgan fingerprint density at radius 3 is 2.29 bits per heavy atom. The van der Waals surface area contributed by atoms with Crippen LogP contribution in [0.2, 0.25) is 0 Å². The Morgan fingerprint density at radius 2 is 1.74 bits per heavy atom. The topological polar surface area (TPSA) is 112 Å². The highest BCUT2D eigenvalue weighted by atomic mass is 32.2. The molecule has 2 aromatic carbocycles. The average Bonchev–Trinajstić information content (AvgIpc) is 3.12. The molecule has 2 saturated carbocycles. The van der Waals surface area contributed by atoms with Crippen LogP contribution in [-0.2, 0) is 21.3 Å². The number of carbonyl (C=O) groups excluding carboxylic acids is 1. The molecule has 0 saturated heterocycles. The van der Waals surface area contributed by atoms with Crippen molar-refractivity contribution in [1.29, 1.82) is 0 Å². The summed E-state index contributed by atoms with van der Waals surface area (Å²) < 4.78 is 31.0. The van der Waals surface area contributed by atoms with Crippen LogP contribution in [0.4, 0.5) is 4.79 Å². The lowest BCUT2D eigenvalue weighted by Gasteiger charge is -2.35. The van der Waals surface area contributed by atoms with E-state index in [1.54, 1.807) is 0 Å². The number of benzene rings is 2. The molecule has 3 aliphatic rings. The van der Waals surface area contributed by atoms with E-state index in [0.29, 0.717) is 19.4 Å². The lowest BCUT2D eigenvalue weighted by Crippen LogP contribution is -2.42. The van der Waals surface area contributed by atoms with Crippen molar-refractivity contribution in [3.05, 3.63) is 71.3 Å². The first-order chi connectivity index (χ1) is 16.0. The quantitative estimate of drug-likeness (QED) is 0.616. The van der Waals surface area contributed by atoms with E-state index in [0.717, 1.165) is 24.0 Å². The molecule has 1 heterocycles. The van der Waals surface area contributed by atoms with Crippen molar-refractivity contribution in [3.8, 4) is 0 Å². The van der Waals surface area contributed by atoms with Gasteiger partial charge in [-0.15, -0.1) is 0 Å². The summed E-state index contributed by atoms with van der Waals surface area (Å²) in [6.07, 6.45) is 1.90. The Hall–Kier alpha value is -2.71. The van der Waals surface area contributed by atoms with Crippen molar-refractivity contribution in [1.82, 2.24) is 4.90 Å². The van der Waals surface area contributed by atoms with Crippen molar-refractivity contribution >= 4 is 22.0 Å². The third-order valence-corrected chi connectivity index (χ3v) is 9.07. The van der Waals surface area contributed by atoms with Crippen LogP contribution in [0.3, 0.4) is 0 Å². The Kier molecular flexibility index (Phi) is 6.33. The van der Waals surface area contributed by atoms with E-state index in [2.05, 4.69) is 6.07 Å². The first kappa shape index (κ1) is 24.4. The molecule has 182 valence electrons. The molecule has 7 nitrogen and oxygen atoms in total. The van der Waals surface area contributed by atoms with Gasteiger partial charge in [-0.1, -0.05) is 68.4 Å². The normalized spacial score (nSPS) is 27.0. The molecule has 0 aromatic heterocycles. The first-order valence-corrected chi connectivity index (χ1v) is 13.2. The van der Waals surface area contributed by atoms with Gasteiger partial charge in [0.1, 0.15) is 5.78 Å². The summed E-state index contributed by atoms with van der Waals surface area (Å²) in [7, 11) is -4.08. The fraction of sp³-hybridized carbons (Fsp3) is 0.462. The monoisotopic (exact) mass is 485 g/mol. The first-order valence-electron chi connectivity index (χ1n) is 11.6. The van der Waals surface area contributed by atoms with Crippen LogP contribution in [0.15, 0.2) is 54.6 Å². The zero-order chi connectivity index (χ0) is 24.7. The summed E-state index contributed by atoms with van der Waals surface area (Å²) in [5.74, 6) is -0.101. The van der Waals surface area contributed by atoms with E-state index in [9.17, 15) is 23.1 Å². The maximum absolute atomic E-state index is 11.9. The maximum Gasteiger partial charge on any atom is 0.408 e. The lowest BCUT2D eigenvalue weighted by molar-refractivity contribution is -0.128. The van der Waals surface area contributed by atoms with Crippen LogP contribution in [-0.4, -0.2) is 47.2 Å². The molecular weight excluding hydrogens is 454 g/mol. The minimum atomic E-state index is -4.08. The number of nitrogens with zero attached hydrogens (tertiary/aromatic N) is 1. The maximum atomic E-state index is 11.9. The predicted octanol–water partition coefficient (Wildman–Crippen LogP) is 4.58. The molecule has 34 heavy (non-hydrogen) atoms. The van der Waals surface area contributed by atoms with Crippen LogP contribution in [0.1, 0.15) is 55.8 Å². The molecule has 5 rings (SSSR count). The van der Waals surface area contributed by atoms with Gasteiger partial charge in [0.2, 0.25) is 0 Å². The van der Waals surface area contributed by atoms with Crippen LogP contribution < -0.4 is 0 Å². The number of fused-ring (bicyclic) bond motifs is 3. The van der Waals surface area contributed by atoms with Gasteiger partial charge in [0.05, 0.1) is 17.2 Å². The van der Waals surface area contributed by atoms with E-state index in [-0.39, 0.29) is 23.2 Å². The standard InChI is InChI=1S/C16H15NO2.C10H16O4S/c18-16(19)17-11-10-12-6-4-5-9-14(12)15(17)13-7-2-1-3-8-13;1-9(2)7-3-4-10(9,8(11)5-7)6-15(12,13)14/h1-9,15H,10-11H2,(H,18,19);7H,3-6H2,1-2H3,(H,12,13,14)/t15-;/m1./s1. The number of carboxylic acid groups (broad SMARTS) is 1. The smallest absolute Gasteiger partial charge is 0.408 e. The molecule has 2 aromatic rings. The SMILES string of the molecule is CC1(C)C2CCC1(CS(=O)(=O)O)C(=O)C2.O=C(O)N1CCc2ccccc2[C@H]1c1ccccc1. The van der Waals surface area contributed by atoms with Crippen LogP contribution in [0.5, 0.6) is 0 Å². The second kappa shape index (κ2) is 8.82. The number of ketones is 1. The summed E-state index contributed by atoms with van der Waals surface area (Å²) in [4.78, 5) is 24.9. The third-order valence-electron chi connectivity index (χ3n) is 8.21. The number of amides is 1. The molecule has 2 fully saturated rings. The van der Waals surface area contributed by atoms with Crippen molar-refractivity contribution in [2.45, 2.75) is 45.6 Å². The van der Waals surface area contributed by atoms with Crippen molar-refractivity contribution in [3.63, 3.8) is 0 Å². The summed E-state index contributed by atoms with van der Waals surface area (Å²) >= 11 is 0. The minimum Gasteiger partial charge on any atom is -0.465 e. The van der Waals surface area contributed by atoms with Gasteiger partial charge in [-0.3, -0.25) is 14.2 Å².